The SMILES string of the molecule is Cc1nc(C)c(-c2ccc3cc(-c4c(-c5ccccc5)c5sc(C(=O)O)cc5n4CC(=O)N4CCC4)ccc3n2)s1. The van der Waals surface area contributed by atoms with Gasteiger partial charge in [-0.3, -0.25) is 4.79 Å². The number of carboxylic acids is 1. The molecular formula is C32H26N4O3S2. The van der Waals surface area contributed by atoms with E-state index in [9.17, 15) is 14.7 Å². The van der Waals surface area contributed by atoms with Gasteiger partial charge in [0.05, 0.1) is 42.7 Å². The Kier molecular flexibility index (Phi) is 6.21. The van der Waals surface area contributed by atoms with Crippen LogP contribution in [-0.2, 0) is 11.3 Å². The van der Waals surface area contributed by atoms with Gasteiger partial charge in [0.25, 0.3) is 0 Å². The van der Waals surface area contributed by atoms with Crippen LogP contribution in [0.1, 0.15) is 26.8 Å². The lowest BCUT2D eigenvalue weighted by atomic mass is 9.99. The number of aryl methyl sites for hydroxylation is 2. The first-order valence-electron chi connectivity index (χ1n) is 13.5. The molecule has 0 bridgehead atoms. The van der Waals surface area contributed by atoms with E-state index in [0.717, 1.165) is 84.3 Å². The van der Waals surface area contributed by atoms with Gasteiger partial charge >= 0.3 is 5.97 Å². The van der Waals surface area contributed by atoms with Gasteiger partial charge in [0.2, 0.25) is 5.91 Å². The minimum Gasteiger partial charge on any atom is -0.477 e. The number of carbonyl (C=O) groups excluding carboxylic acids is 1. The molecular weight excluding hydrogens is 553 g/mol. The zero-order valence-electron chi connectivity index (χ0n) is 22.5. The van der Waals surface area contributed by atoms with Crippen molar-refractivity contribution in [1.82, 2.24) is 19.4 Å². The van der Waals surface area contributed by atoms with Gasteiger partial charge in [-0.15, -0.1) is 22.7 Å². The first kappa shape index (κ1) is 25.6. The average Bonchev–Trinajstić information content (AvgIpc) is 3.60. The lowest BCUT2D eigenvalue weighted by Gasteiger charge is -2.31. The van der Waals surface area contributed by atoms with Gasteiger partial charge in [0.15, 0.2) is 0 Å². The summed E-state index contributed by atoms with van der Waals surface area (Å²) in [7, 11) is 0. The predicted octanol–water partition coefficient (Wildman–Crippen LogP) is 7.26. The maximum atomic E-state index is 13.3. The molecule has 0 atom stereocenters. The highest BCUT2D eigenvalue weighted by atomic mass is 32.1. The van der Waals surface area contributed by atoms with E-state index in [0.29, 0.717) is 0 Å². The Bertz CT molecular complexity index is 1980. The van der Waals surface area contributed by atoms with Crippen molar-refractivity contribution >= 4 is 55.7 Å². The molecule has 0 unspecified atom stereocenters. The van der Waals surface area contributed by atoms with Crippen molar-refractivity contribution in [3.05, 3.63) is 82.3 Å². The van der Waals surface area contributed by atoms with Gasteiger partial charge in [-0.1, -0.05) is 42.5 Å². The van der Waals surface area contributed by atoms with Crippen LogP contribution in [0.15, 0.2) is 66.7 Å². The van der Waals surface area contributed by atoms with Crippen molar-refractivity contribution < 1.29 is 14.7 Å². The van der Waals surface area contributed by atoms with Crippen molar-refractivity contribution in [3.8, 4) is 33.0 Å². The van der Waals surface area contributed by atoms with E-state index in [1.165, 1.54) is 11.3 Å². The second kappa shape index (κ2) is 9.94. The van der Waals surface area contributed by atoms with E-state index in [2.05, 4.69) is 23.2 Å². The fraction of sp³-hybridized carbons (Fsp3) is 0.188. The van der Waals surface area contributed by atoms with E-state index < -0.39 is 5.97 Å². The number of rotatable bonds is 6. The van der Waals surface area contributed by atoms with Crippen LogP contribution >= 0.6 is 22.7 Å². The predicted molar refractivity (Wildman–Crippen MR) is 165 cm³/mol. The van der Waals surface area contributed by atoms with Crippen molar-refractivity contribution in [3.63, 3.8) is 0 Å². The van der Waals surface area contributed by atoms with E-state index >= 15 is 0 Å². The molecule has 1 fully saturated rings. The van der Waals surface area contributed by atoms with Crippen LogP contribution in [0.4, 0.5) is 0 Å². The summed E-state index contributed by atoms with van der Waals surface area (Å²) in [4.78, 5) is 38.0. The number of pyridine rings is 1. The van der Waals surface area contributed by atoms with Crippen molar-refractivity contribution in [2.45, 2.75) is 26.8 Å². The topological polar surface area (TPSA) is 88.3 Å². The quantitative estimate of drug-likeness (QED) is 0.225. The number of thiophene rings is 1. The van der Waals surface area contributed by atoms with E-state index in [1.807, 2.05) is 65.8 Å². The highest BCUT2D eigenvalue weighted by molar-refractivity contribution is 7.21. The summed E-state index contributed by atoms with van der Waals surface area (Å²) in [6, 6.07) is 22.0. The van der Waals surface area contributed by atoms with E-state index in [-0.39, 0.29) is 17.3 Å². The molecule has 6 aromatic rings. The zero-order valence-corrected chi connectivity index (χ0v) is 24.2. The molecule has 204 valence electrons. The first-order valence-corrected chi connectivity index (χ1v) is 15.1. The number of nitrogens with zero attached hydrogens (tertiary/aromatic N) is 4. The monoisotopic (exact) mass is 578 g/mol. The second-order valence-electron chi connectivity index (χ2n) is 10.3. The van der Waals surface area contributed by atoms with Gasteiger partial charge in [-0.25, -0.2) is 14.8 Å². The largest absolute Gasteiger partial charge is 0.477 e. The molecule has 7 rings (SSSR count). The minimum atomic E-state index is -0.966. The molecule has 1 aliphatic heterocycles. The Morgan fingerprint density at radius 1 is 0.927 bits per heavy atom. The number of hydrogen-bond donors (Lipinski definition) is 1. The van der Waals surface area contributed by atoms with Crippen LogP contribution in [-0.4, -0.2) is 49.5 Å². The molecule has 2 aromatic carbocycles. The first-order chi connectivity index (χ1) is 19.9. The molecule has 1 saturated heterocycles. The molecule has 0 saturated carbocycles. The summed E-state index contributed by atoms with van der Waals surface area (Å²) in [6.07, 6.45) is 1.01. The fourth-order valence-electron chi connectivity index (χ4n) is 5.54. The lowest BCUT2D eigenvalue weighted by molar-refractivity contribution is -0.135. The maximum absolute atomic E-state index is 13.3. The van der Waals surface area contributed by atoms with Crippen LogP contribution in [0.25, 0.3) is 54.1 Å². The highest BCUT2D eigenvalue weighted by Crippen LogP contribution is 2.45. The van der Waals surface area contributed by atoms with Crippen molar-refractivity contribution in [2.75, 3.05) is 13.1 Å². The smallest absolute Gasteiger partial charge is 0.345 e. The molecule has 0 aliphatic carbocycles. The fourth-order valence-corrected chi connectivity index (χ4v) is 7.49. The summed E-state index contributed by atoms with van der Waals surface area (Å²) in [5.41, 5.74) is 7.30. The summed E-state index contributed by atoms with van der Waals surface area (Å²) in [5.74, 6) is -0.925. The molecule has 1 aliphatic rings. The molecule has 5 heterocycles. The van der Waals surface area contributed by atoms with Gasteiger partial charge in [0, 0.05) is 24.0 Å². The van der Waals surface area contributed by atoms with Crippen LogP contribution in [0.3, 0.4) is 0 Å². The average molecular weight is 579 g/mol. The third-order valence-corrected chi connectivity index (χ3v) is 9.84. The second-order valence-corrected chi connectivity index (χ2v) is 12.5. The standard InChI is InChI=1S/C32H26N4O3S2/c1-18-30(40-19(2)33-18)24-12-9-21-15-22(10-11-23(21)34-24)29-28(20-7-4-3-5-8-20)31-25(16-26(41-31)32(38)39)36(29)17-27(37)35-13-6-14-35/h3-5,7-12,15-16H,6,13-14,17H2,1-2H3,(H,38,39). The van der Waals surface area contributed by atoms with Crippen molar-refractivity contribution in [1.29, 1.82) is 0 Å². The third kappa shape index (κ3) is 4.42. The number of fused-ring (bicyclic) bond motifs is 2. The number of aromatic nitrogens is 3. The Labute approximate surface area is 244 Å². The van der Waals surface area contributed by atoms with Crippen LogP contribution < -0.4 is 0 Å². The molecule has 1 N–H and O–H groups in total. The number of likely N-dealkylation sites (tertiary alicyclic amines) is 1. The number of benzene rings is 2. The summed E-state index contributed by atoms with van der Waals surface area (Å²) in [6.45, 7) is 5.68. The molecule has 7 nitrogen and oxygen atoms in total. The van der Waals surface area contributed by atoms with Crippen molar-refractivity contribution in [2.24, 2.45) is 0 Å². The number of thiazole rings is 1. The van der Waals surface area contributed by atoms with Gasteiger partial charge in [0.1, 0.15) is 11.4 Å². The maximum Gasteiger partial charge on any atom is 0.345 e. The van der Waals surface area contributed by atoms with Crippen LogP contribution in [0.2, 0.25) is 0 Å². The number of amides is 1. The molecule has 4 aromatic heterocycles. The van der Waals surface area contributed by atoms with Gasteiger partial charge in [-0.05, 0) is 55.7 Å². The molecule has 0 spiro atoms. The molecule has 1 amide bonds. The number of carbonyl (C=O) groups is 2. The summed E-state index contributed by atoms with van der Waals surface area (Å²) < 4.78 is 2.87. The lowest BCUT2D eigenvalue weighted by Crippen LogP contribution is -2.43. The number of hydrogen-bond acceptors (Lipinski definition) is 6. The number of aromatic carboxylic acids is 1. The molecule has 41 heavy (non-hydrogen) atoms. The van der Waals surface area contributed by atoms with Gasteiger partial charge < -0.3 is 14.6 Å². The summed E-state index contributed by atoms with van der Waals surface area (Å²) >= 11 is 2.90. The van der Waals surface area contributed by atoms with E-state index in [4.69, 9.17) is 4.98 Å². The van der Waals surface area contributed by atoms with Crippen LogP contribution in [0, 0.1) is 13.8 Å². The van der Waals surface area contributed by atoms with E-state index in [1.54, 1.807) is 17.4 Å². The van der Waals surface area contributed by atoms with Crippen LogP contribution in [0.5, 0.6) is 0 Å². The molecule has 9 heteroatoms. The Morgan fingerprint density at radius 2 is 1.73 bits per heavy atom. The zero-order chi connectivity index (χ0) is 28.2. The Hall–Kier alpha value is -4.34. The van der Waals surface area contributed by atoms with Gasteiger partial charge in [-0.2, -0.15) is 0 Å². The Morgan fingerprint density at radius 3 is 2.41 bits per heavy atom. The minimum absolute atomic E-state index is 0.0411. The normalized spacial score (nSPS) is 13.2. The highest BCUT2D eigenvalue weighted by Gasteiger charge is 2.28. The summed E-state index contributed by atoms with van der Waals surface area (Å²) in [5, 5.41) is 11.8. The Balaban J connectivity index is 1.44. The third-order valence-electron chi connectivity index (χ3n) is 7.61. The number of carboxylic acid groups (broad SMARTS) is 1. The molecule has 0 radical (unpaired) electrons.